The molecule has 0 saturated heterocycles. The van der Waals surface area contributed by atoms with E-state index in [-0.39, 0.29) is 5.56 Å². The molecule has 0 unspecified atom stereocenters. The summed E-state index contributed by atoms with van der Waals surface area (Å²) in [6.45, 7) is 0.848. The van der Waals surface area contributed by atoms with Gasteiger partial charge in [-0.05, 0) is 36.2 Å². The van der Waals surface area contributed by atoms with Crippen molar-refractivity contribution in [2.24, 2.45) is 0 Å². The van der Waals surface area contributed by atoms with E-state index in [9.17, 15) is 4.79 Å². The molecule has 0 amide bonds. The normalized spacial score (nSPS) is 11.3. The van der Waals surface area contributed by atoms with Crippen molar-refractivity contribution in [3.05, 3.63) is 107 Å². The summed E-state index contributed by atoms with van der Waals surface area (Å²) in [5, 5.41) is 0.946. The van der Waals surface area contributed by atoms with Crippen molar-refractivity contribution >= 4 is 28.4 Å². The van der Waals surface area contributed by atoms with E-state index >= 15 is 0 Å². The fraction of sp³-hybridized carbons (Fsp3) is 0.125. The van der Waals surface area contributed by atoms with Crippen LogP contribution in [0.25, 0.3) is 16.7 Å². The average molecular weight is 413 g/mol. The molecule has 0 aliphatic carbocycles. The molecule has 0 N–H and O–H groups in total. The number of hydrogen-bond donors (Lipinski definition) is 0. The molecule has 0 saturated carbocycles. The van der Waals surface area contributed by atoms with Crippen LogP contribution in [0.1, 0.15) is 11.3 Å². The van der Waals surface area contributed by atoms with Gasteiger partial charge < -0.3 is 4.57 Å². The highest BCUT2D eigenvalue weighted by atomic mass is 32.2. The molecular weight excluding hydrogens is 392 g/mol. The van der Waals surface area contributed by atoms with Crippen LogP contribution in [-0.2, 0) is 18.7 Å². The molecule has 0 radical (unpaired) electrons. The molecule has 5 rings (SSSR count). The second-order valence-electron chi connectivity index (χ2n) is 7.07. The smallest absolute Gasteiger partial charge is 0.258 e. The quantitative estimate of drug-likeness (QED) is 0.383. The number of para-hydroxylation sites is 2. The number of nitrogens with zero attached hydrogens (tertiary/aromatic N) is 4. The Hall–Kier alpha value is -3.38. The van der Waals surface area contributed by atoms with Crippen LogP contribution in [0, 0.1) is 0 Å². The first-order chi connectivity index (χ1) is 14.8. The van der Waals surface area contributed by atoms with Gasteiger partial charge in [0, 0.05) is 24.6 Å². The summed E-state index contributed by atoms with van der Waals surface area (Å²) in [4.78, 5) is 21.8. The van der Waals surface area contributed by atoms with E-state index in [1.54, 1.807) is 28.4 Å². The molecule has 0 spiro atoms. The lowest BCUT2D eigenvalue weighted by Crippen LogP contribution is -2.14. The second kappa shape index (κ2) is 8.16. The summed E-state index contributed by atoms with van der Waals surface area (Å²) in [6.07, 6.45) is 2.68. The number of thioether (sulfide) groups is 1. The van der Waals surface area contributed by atoms with Gasteiger partial charge in [-0.3, -0.25) is 9.20 Å². The van der Waals surface area contributed by atoms with Crippen molar-refractivity contribution in [2.75, 3.05) is 0 Å². The third kappa shape index (κ3) is 3.74. The summed E-state index contributed by atoms with van der Waals surface area (Å²) in [5.41, 5.74) is 4.78. The lowest BCUT2D eigenvalue weighted by molar-refractivity contribution is 0.652. The van der Waals surface area contributed by atoms with Gasteiger partial charge in [-0.2, -0.15) is 0 Å². The van der Waals surface area contributed by atoms with Crippen LogP contribution in [0.2, 0.25) is 0 Å². The fourth-order valence-corrected chi connectivity index (χ4v) is 4.51. The SMILES string of the molecule is O=c1cc(CSc2nc3ccccc3n2CCc2ccccc2)nc2ccccn12. The molecule has 3 heterocycles. The van der Waals surface area contributed by atoms with Gasteiger partial charge in [0.25, 0.3) is 5.56 Å². The number of hydrogen-bond acceptors (Lipinski definition) is 4. The van der Waals surface area contributed by atoms with E-state index in [4.69, 9.17) is 4.98 Å². The summed E-state index contributed by atoms with van der Waals surface area (Å²) in [6, 6.07) is 25.9. The van der Waals surface area contributed by atoms with Crippen molar-refractivity contribution < 1.29 is 0 Å². The highest BCUT2D eigenvalue weighted by Crippen LogP contribution is 2.26. The van der Waals surface area contributed by atoms with E-state index in [2.05, 4.69) is 39.9 Å². The lowest BCUT2D eigenvalue weighted by Gasteiger charge is -2.09. The number of aryl methyl sites for hydroxylation is 2. The Morgan fingerprint density at radius 2 is 1.67 bits per heavy atom. The van der Waals surface area contributed by atoms with Gasteiger partial charge in [0.15, 0.2) is 5.16 Å². The van der Waals surface area contributed by atoms with Gasteiger partial charge in [-0.25, -0.2) is 9.97 Å². The zero-order valence-corrected chi connectivity index (χ0v) is 17.1. The molecule has 3 aromatic heterocycles. The summed E-state index contributed by atoms with van der Waals surface area (Å²) in [5.74, 6) is 0.593. The minimum atomic E-state index is -0.0613. The Morgan fingerprint density at radius 1 is 0.867 bits per heavy atom. The van der Waals surface area contributed by atoms with Crippen LogP contribution < -0.4 is 5.56 Å². The number of fused-ring (bicyclic) bond motifs is 2. The molecule has 0 aliphatic heterocycles. The molecule has 0 bridgehead atoms. The first-order valence-electron chi connectivity index (χ1n) is 9.87. The fourth-order valence-electron chi connectivity index (χ4n) is 3.58. The average Bonchev–Trinajstić information content (AvgIpc) is 3.14. The largest absolute Gasteiger partial charge is 0.319 e. The Bertz CT molecular complexity index is 1370. The molecule has 0 atom stereocenters. The van der Waals surface area contributed by atoms with Gasteiger partial charge in [0.05, 0.1) is 16.7 Å². The maximum atomic E-state index is 12.4. The number of pyridine rings is 1. The van der Waals surface area contributed by atoms with Crippen LogP contribution in [0.4, 0.5) is 0 Å². The van der Waals surface area contributed by atoms with E-state index in [1.807, 2.05) is 42.5 Å². The third-order valence-electron chi connectivity index (χ3n) is 5.06. The minimum Gasteiger partial charge on any atom is -0.319 e. The number of benzene rings is 2. The number of rotatable bonds is 6. The Morgan fingerprint density at radius 3 is 2.57 bits per heavy atom. The van der Waals surface area contributed by atoms with Crippen LogP contribution >= 0.6 is 11.8 Å². The van der Waals surface area contributed by atoms with Crippen molar-refractivity contribution in [1.82, 2.24) is 18.9 Å². The van der Waals surface area contributed by atoms with Gasteiger partial charge in [-0.1, -0.05) is 60.3 Å². The van der Waals surface area contributed by atoms with E-state index in [0.717, 1.165) is 34.8 Å². The van der Waals surface area contributed by atoms with Crippen molar-refractivity contribution in [3.63, 3.8) is 0 Å². The predicted molar refractivity (Wildman–Crippen MR) is 121 cm³/mol. The first-order valence-corrected chi connectivity index (χ1v) is 10.9. The topological polar surface area (TPSA) is 52.2 Å². The Labute approximate surface area is 178 Å². The molecule has 30 heavy (non-hydrogen) atoms. The van der Waals surface area contributed by atoms with E-state index < -0.39 is 0 Å². The molecular formula is C24H20N4OS. The molecule has 5 aromatic rings. The summed E-state index contributed by atoms with van der Waals surface area (Å²) in [7, 11) is 0. The third-order valence-corrected chi connectivity index (χ3v) is 6.07. The highest BCUT2D eigenvalue weighted by molar-refractivity contribution is 7.98. The zero-order chi connectivity index (χ0) is 20.3. The monoisotopic (exact) mass is 412 g/mol. The van der Waals surface area contributed by atoms with Gasteiger partial charge in [0.1, 0.15) is 5.65 Å². The Balaban J connectivity index is 1.43. The molecule has 0 fully saturated rings. The lowest BCUT2D eigenvalue weighted by atomic mass is 10.1. The summed E-state index contributed by atoms with van der Waals surface area (Å²) < 4.78 is 3.82. The van der Waals surface area contributed by atoms with Crippen LogP contribution in [0.15, 0.2) is 95.0 Å². The molecule has 5 nitrogen and oxygen atoms in total. The standard InChI is InChI=1S/C24H20N4OS/c29-23-16-19(25-22-12-6-7-14-28(22)23)17-30-24-26-20-10-4-5-11-21(20)27(24)15-13-18-8-2-1-3-9-18/h1-12,14,16H,13,15,17H2. The number of imidazole rings is 1. The summed E-state index contributed by atoms with van der Waals surface area (Å²) >= 11 is 1.62. The molecule has 148 valence electrons. The predicted octanol–water partition coefficient (Wildman–Crippen LogP) is 4.58. The molecule has 2 aromatic carbocycles. The molecule has 0 aliphatic rings. The first kappa shape index (κ1) is 18.6. The van der Waals surface area contributed by atoms with Crippen molar-refractivity contribution in [1.29, 1.82) is 0 Å². The van der Waals surface area contributed by atoms with E-state index in [1.165, 1.54) is 5.56 Å². The number of aromatic nitrogens is 4. The maximum Gasteiger partial charge on any atom is 0.258 e. The van der Waals surface area contributed by atoms with Crippen molar-refractivity contribution in [3.8, 4) is 0 Å². The highest BCUT2D eigenvalue weighted by Gasteiger charge is 2.12. The zero-order valence-electron chi connectivity index (χ0n) is 16.3. The molecule has 6 heteroatoms. The van der Waals surface area contributed by atoms with Crippen LogP contribution in [-0.4, -0.2) is 18.9 Å². The van der Waals surface area contributed by atoms with Gasteiger partial charge >= 0.3 is 0 Å². The van der Waals surface area contributed by atoms with E-state index in [0.29, 0.717) is 11.4 Å². The van der Waals surface area contributed by atoms with Gasteiger partial charge in [-0.15, -0.1) is 0 Å². The van der Waals surface area contributed by atoms with Crippen LogP contribution in [0.5, 0.6) is 0 Å². The second-order valence-corrected chi connectivity index (χ2v) is 8.02. The minimum absolute atomic E-state index is 0.0613. The Kier molecular flexibility index (Phi) is 5.07. The van der Waals surface area contributed by atoms with Crippen molar-refractivity contribution in [2.45, 2.75) is 23.9 Å². The maximum absolute atomic E-state index is 12.4. The van der Waals surface area contributed by atoms with Crippen LogP contribution in [0.3, 0.4) is 0 Å². The van der Waals surface area contributed by atoms with Gasteiger partial charge in [0.2, 0.25) is 0 Å².